The van der Waals surface area contributed by atoms with Crippen molar-refractivity contribution in [2.45, 2.75) is 84.0 Å². The summed E-state index contributed by atoms with van der Waals surface area (Å²) in [5, 5.41) is 8.50. The van der Waals surface area contributed by atoms with E-state index in [1.165, 1.54) is 44.9 Å². The van der Waals surface area contributed by atoms with E-state index >= 15 is 0 Å². The Morgan fingerprint density at radius 3 is 1.68 bits per heavy atom. The van der Waals surface area contributed by atoms with Gasteiger partial charge in [-0.15, -0.1) is 0 Å². The lowest BCUT2D eigenvalue weighted by Gasteiger charge is -2.14. The molecular weight excluding hydrogens is 310 g/mol. The number of aliphatic carboxylic acids is 1. The highest BCUT2D eigenvalue weighted by atomic mass is 16.4. The van der Waals surface area contributed by atoms with Gasteiger partial charge in [-0.2, -0.15) is 0 Å². The van der Waals surface area contributed by atoms with Crippen LogP contribution in [-0.2, 0) is 4.79 Å². The second-order valence-electron chi connectivity index (χ2n) is 8.06. The average Bonchev–Trinajstić information content (AvgIpc) is 2.49. The molecule has 0 bridgehead atoms. The van der Waals surface area contributed by atoms with E-state index in [2.05, 4.69) is 59.4 Å². The van der Waals surface area contributed by atoms with Crippen molar-refractivity contribution < 1.29 is 14.4 Å². The van der Waals surface area contributed by atoms with Gasteiger partial charge in [0.25, 0.3) is 0 Å². The van der Waals surface area contributed by atoms with Gasteiger partial charge in [0, 0.05) is 6.42 Å². The molecule has 1 N–H and O–H groups in total. The number of carboxylic acids is 1. The van der Waals surface area contributed by atoms with E-state index in [0.29, 0.717) is 6.42 Å². The zero-order valence-electron chi connectivity index (χ0n) is 17.6. The van der Waals surface area contributed by atoms with E-state index in [4.69, 9.17) is 5.11 Å². The molecule has 0 saturated carbocycles. The van der Waals surface area contributed by atoms with Gasteiger partial charge in [-0.3, -0.25) is 4.79 Å². The van der Waals surface area contributed by atoms with E-state index in [0.717, 1.165) is 30.2 Å². The summed E-state index contributed by atoms with van der Waals surface area (Å²) in [6.07, 6.45) is 22.3. The lowest BCUT2D eigenvalue weighted by atomic mass is 10.1. The summed E-state index contributed by atoms with van der Waals surface area (Å²) in [5.74, 6) is -0.671. The zero-order chi connectivity index (χ0) is 19.4. The van der Waals surface area contributed by atoms with Gasteiger partial charge in [0.15, 0.2) is 0 Å². The van der Waals surface area contributed by atoms with E-state index in [9.17, 15) is 4.79 Å². The minimum atomic E-state index is -0.671. The Bertz CT molecular complexity index is 334. The molecule has 0 atom stereocenters. The van der Waals surface area contributed by atoms with Gasteiger partial charge in [-0.05, 0) is 38.5 Å². The second-order valence-corrected chi connectivity index (χ2v) is 8.06. The minimum absolute atomic E-state index is 0.324. The van der Waals surface area contributed by atoms with Gasteiger partial charge in [0.1, 0.15) is 0 Å². The van der Waals surface area contributed by atoms with Crippen molar-refractivity contribution in [3.8, 4) is 0 Å². The van der Waals surface area contributed by atoms with Crippen LogP contribution in [0.15, 0.2) is 24.3 Å². The van der Waals surface area contributed by atoms with Crippen molar-refractivity contribution in [1.29, 1.82) is 0 Å². The Morgan fingerprint density at radius 1 is 0.760 bits per heavy atom. The fourth-order valence-corrected chi connectivity index (χ4v) is 2.09. The van der Waals surface area contributed by atoms with Crippen LogP contribution in [0.3, 0.4) is 0 Å². The quantitative estimate of drug-likeness (QED) is 0.229. The topological polar surface area (TPSA) is 37.3 Å². The minimum Gasteiger partial charge on any atom is -0.481 e. The monoisotopic (exact) mass is 354 g/mol. The summed E-state index contributed by atoms with van der Waals surface area (Å²) < 4.78 is 1.00. The van der Waals surface area contributed by atoms with Gasteiger partial charge in [0.05, 0.1) is 28.2 Å². The first-order valence-corrected chi connectivity index (χ1v) is 10.1. The molecule has 3 heteroatoms. The normalized spacial score (nSPS) is 11.7. The molecule has 0 amide bonds. The van der Waals surface area contributed by atoms with Crippen molar-refractivity contribution in [3.63, 3.8) is 0 Å². The number of nitrogens with zero attached hydrogens (tertiary/aromatic N) is 1. The molecule has 0 aromatic rings. The second kappa shape index (κ2) is 19.2. The fraction of sp³-hybridized carbons (Fsp3) is 0.773. The Labute approximate surface area is 157 Å². The lowest BCUT2D eigenvalue weighted by molar-refractivity contribution is -0.849. The first kappa shape index (κ1) is 26.1. The number of carbonyl (C=O) groups is 1. The predicted molar refractivity (Wildman–Crippen MR) is 111 cm³/mol. The van der Waals surface area contributed by atoms with E-state index in [-0.39, 0.29) is 0 Å². The number of hydrogen-bond acceptors (Lipinski definition) is 1. The fourth-order valence-electron chi connectivity index (χ4n) is 2.09. The van der Waals surface area contributed by atoms with Gasteiger partial charge in [-0.25, -0.2) is 0 Å². The molecule has 0 aromatic carbocycles. The van der Waals surface area contributed by atoms with Crippen LogP contribution in [0.5, 0.6) is 0 Å². The third-order valence-electron chi connectivity index (χ3n) is 3.34. The molecular formula is C22H44NO2+. The summed E-state index contributed by atoms with van der Waals surface area (Å²) in [4.78, 5) is 10.3. The number of carboxylic acid groups (broad SMARTS) is 1. The molecule has 0 aliphatic rings. The van der Waals surface area contributed by atoms with Crippen LogP contribution in [0.2, 0.25) is 0 Å². The lowest BCUT2D eigenvalue weighted by Crippen LogP contribution is -2.27. The Morgan fingerprint density at radius 2 is 1.20 bits per heavy atom. The molecule has 3 nitrogen and oxygen atoms in total. The van der Waals surface area contributed by atoms with E-state index < -0.39 is 5.97 Å². The highest BCUT2D eigenvalue weighted by Gasteiger charge is 1.95. The number of allylic oxidation sites excluding steroid dienone is 4. The summed E-state index contributed by atoms with van der Waals surface area (Å²) in [6.45, 7) is 2.23. The molecule has 0 aliphatic heterocycles. The summed E-state index contributed by atoms with van der Waals surface area (Å²) in [6, 6.07) is 0. The smallest absolute Gasteiger partial charge is 0.303 e. The molecule has 0 spiro atoms. The SMILES string of the molecule is CCCCC/C=C\C/C=C\CCCCCCCC(=O)O.C[N+](C)(C)C. The van der Waals surface area contributed by atoms with Crippen molar-refractivity contribution in [3.05, 3.63) is 24.3 Å². The highest BCUT2D eigenvalue weighted by molar-refractivity contribution is 5.66. The molecule has 0 fully saturated rings. The molecule has 0 aliphatic carbocycles. The molecule has 0 heterocycles. The van der Waals surface area contributed by atoms with Gasteiger partial charge >= 0.3 is 5.97 Å². The molecule has 25 heavy (non-hydrogen) atoms. The summed E-state index contributed by atoms with van der Waals surface area (Å²) in [7, 11) is 8.50. The maximum absolute atomic E-state index is 10.3. The molecule has 0 unspecified atom stereocenters. The average molecular weight is 355 g/mol. The van der Waals surface area contributed by atoms with Crippen molar-refractivity contribution in [1.82, 2.24) is 0 Å². The molecule has 0 radical (unpaired) electrons. The van der Waals surface area contributed by atoms with E-state index in [1.807, 2.05) is 0 Å². The molecule has 0 rings (SSSR count). The standard InChI is InChI=1S/C18H32O2.C4H12N/c1-2-3-4-5-6-7-8-9-10-11-12-13-14-15-16-17-18(19)20;1-5(2,3)4/h6-7,9-10H,2-5,8,11-17H2,1H3,(H,19,20);1-4H3/q;+1/b7-6-,10-9-;. The highest BCUT2D eigenvalue weighted by Crippen LogP contribution is 2.08. The summed E-state index contributed by atoms with van der Waals surface area (Å²) in [5.41, 5.74) is 0. The van der Waals surface area contributed by atoms with Gasteiger partial charge in [-0.1, -0.05) is 63.3 Å². The van der Waals surface area contributed by atoms with Crippen LogP contribution >= 0.6 is 0 Å². The van der Waals surface area contributed by atoms with Crippen LogP contribution in [0.4, 0.5) is 0 Å². The van der Waals surface area contributed by atoms with Crippen LogP contribution in [0.25, 0.3) is 0 Å². The first-order valence-electron chi connectivity index (χ1n) is 10.1. The molecule has 148 valence electrons. The number of unbranched alkanes of at least 4 members (excludes halogenated alkanes) is 8. The maximum atomic E-state index is 10.3. The Kier molecular flexibility index (Phi) is 20.1. The third-order valence-corrected chi connectivity index (χ3v) is 3.34. The summed E-state index contributed by atoms with van der Waals surface area (Å²) >= 11 is 0. The van der Waals surface area contributed by atoms with Crippen molar-refractivity contribution in [2.24, 2.45) is 0 Å². The first-order chi connectivity index (χ1) is 11.8. The van der Waals surface area contributed by atoms with E-state index in [1.54, 1.807) is 0 Å². The number of rotatable bonds is 14. The number of quaternary nitrogens is 1. The largest absolute Gasteiger partial charge is 0.481 e. The Hall–Kier alpha value is -1.09. The molecule has 0 saturated heterocycles. The maximum Gasteiger partial charge on any atom is 0.303 e. The third kappa shape index (κ3) is 39.6. The van der Waals surface area contributed by atoms with Gasteiger partial charge in [0.2, 0.25) is 0 Å². The predicted octanol–water partition coefficient (Wildman–Crippen LogP) is 6.21. The Balaban J connectivity index is 0. The van der Waals surface area contributed by atoms with Gasteiger partial charge < -0.3 is 9.59 Å². The van der Waals surface area contributed by atoms with Crippen molar-refractivity contribution in [2.75, 3.05) is 28.2 Å². The van der Waals surface area contributed by atoms with Crippen LogP contribution in [-0.4, -0.2) is 43.7 Å². The number of hydrogen-bond donors (Lipinski definition) is 1. The van der Waals surface area contributed by atoms with Crippen LogP contribution < -0.4 is 0 Å². The van der Waals surface area contributed by atoms with Crippen LogP contribution in [0.1, 0.15) is 84.0 Å². The van der Waals surface area contributed by atoms with Crippen LogP contribution in [0, 0.1) is 0 Å². The molecule has 0 aromatic heterocycles. The zero-order valence-corrected chi connectivity index (χ0v) is 17.6. The van der Waals surface area contributed by atoms with Crippen molar-refractivity contribution >= 4 is 5.97 Å².